The number of carbonyl (C=O) groups is 1. The molecule has 0 bridgehead atoms. The Hall–Kier alpha value is -2.00. The van der Waals surface area contributed by atoms with Crippen LogP contribution in [-0.2, 0) is 10.8 Å². The topological polar surface area (TPSA) is 127 Å². The lowest BCUT2D eigenvalue weighted by atomic mass is 10.1. The van der Waals surface area contributed by atoms with Crippen molar-refractivity contribution >= 4 is 28.1 Å². The molecule has 0 saturated carbocycles. The van der Waals surface area contributed by atoms with Gasteiger partial charge in [0.25, 0.3) is 11.6 Å². The number of anilines is 1. The molecule has 0 fully saturated rings. The van der Waals surface area contributed by atoms with Crippen LogP contribution in [-0.4, -0.2) is 33.6 Å². The Labute approximate surface area is 118 Å². The molecule has 0 aliphatic heterocycles. The van der Waals surface area contributed by atoms with Gasteiger partial charge in [-0.05, 0) is 12.5 Å². The predicted octanol–water partition coefficient (Wildman–Crippen LogP) is 0.379. The molecule has 0 spiro atoms. The van der Waals surface area contributed by atoms with E-state index in [0.29, 0.717) is 24.4 Å². The molecule has 1 rings (SSSR count). The number of nitro groups is 1. The summed E-state index contributed by atoms with van der Waals surface area (Å²) in [5.41, 5.74) is 2.52. The number of nitrogens with two attached hydrogens (primary N) is 1. The summed E-state index contributed by atoms with van der Waals surface area (Å²) in [5.74, 6) is 5.28. The molecule has 1 aromatic carbocycles. The van der Waals surface area contributed by atoms with Gasteiger partial charge in [0.1, 0.15) is 0 Å². The number of rotatable bonds is 7. The van der Waals surface area contributed by atoms with Gasteiger partial charge in [-0.2, -0.15) is 0 Å². The highest BCUT2D eigenvalue weighted by atomic mass is 32.2. The average molecular weight is 300 g/mol. The Kier molecular flexibility index (Phi) is 6.07. The Morgan fingerprint density at radius 2 is 2.20 bits per heavy atom. The van der Waals surface area contributed by atoms with Crippen molar-refractivity contribution in [1.29, 1.82) is 0 Å². The van der Waals surface area contributed by atoms with E-state index in [1.807, 2.05) is 0 Å². The molecule has 4 N–H and O–H groups in total. The molecule has 1 amide bonds. The zero-order chi connectivity index (χ0) is 15.1. The summed E-state index contributed by atoms with van der Waals surface area (Å²) >= 11 is 0. The molecule has 110 valence electrons. The number of nitrogens with one attached hydrogen (secondary N) is 2. The first-order valence-electron chi connectivity index (χ1n) is 5.79. The van der Waals surface area contributed by atoms with Crippen molar-refractivity contribution in [3.63, 3.8) is 0 Å². The van der Waals surface area contributed by atoms with Gasteiger partial charge in [-0.1, -0.05) is 0 Å². The summed E-state index contributed by atoms with van der Waals surface area (Å²) in [5, 5.41) is 13.3. The van der Waals surface area contributed by atoms with Crippen LogP contribution in [0.25, 0.3) is 0 Å². The number of benzene rings is 1. The Morgan fingerprint density at radius 3 is 2.75 bits per heavy atom. The minimum atomic E-state index is -0.914. The van der Waals surface area contributed by atoms with Crippen LogP contribution in [0, 0.1) is 10.1 Å². The quantitative estimate of drug-likeness (QED) is 0.289. The second kappa shape index (κ2) is 7.56. The molecule has 0 aliphatic rings. The van der Waals surface area contributed by atoms with Gasteiger partial charge in [-0.15, -0.1) is 0 Å². The van der Waals surface area contributed by atoms with Crippen LogP contribution in [0.1, 0.15) is 16.8 Å². The van der Waals surface area contributed by atoms with E-state index in [2.05, 4.69) is 10.7 Å². The van der Waals surface area contributed by atoms with E-state index < -0.39 is 21.6 Å². The number of nitrogens with zero attached hydrogens (tertiary/aromatic N) is 1. The molecule has 0 saturated heterocycles. The Bertz CT molecular complexity index is 535. The van der Waals surface area contributed by atoms with Gasteiger partial charge in [0.05, 0.1) is 16.2 Å². The number of nitrogen functional groups attached to an aromatic ring is 1. The van der Waals surface area contributed by atoms with Crippen molar-refractivity contribution in [2.75, 3.05) is 24.0 Å². The van der Waals surface area contributed by atoms with Crippen molar-refractivity contribution in [2.24, 2.45) is 5.84 Å². The summed E-state index contributed by atoms with van der Waals surface area (Å²) in [6.07, 6.45) is 2.15. The van der Waals surface area contributed by atoms with Crippen molar-refractivity contribution in [3.8, 4) is 0 Å². The third kappa shape index (κ3) is 4.59. The number of hydrogen-bond donors (Lipinski definition) is 3. The third-order valence-electron chi connectivity index (χ3n) is 2.51. The lowest BCUT2D eigenvalue weighted by Gasteiger charge is -2.09. The Morgan fingerprint density at radius 1 is 1.50 bits per heavy atom. The van der Waals surface area contributed by atoms with Gasteiger partial charge in [-0.25, -0.2) is 0 Å². The molecule has 1 aromatic rings. The minimum absolute atomic E-state index is 0.0966. The monoisotopic (exact) mass is 300 g/mol. The van der Waals surface area contributed by atoms with Gasteiger partial charge in [0.2, 0.25) is 0 Å². The van der Waals surface area contributed by atoms with E-state index in [1.54, 1.807) is 6.26 Å². The largest absolute Gasteiger partial charge is 0.352 e. The summed E-state index contributed by atoms with van der Waals surface area (Å²) in [6, 6.07) is 3.78. The Balaban J connectivity index is 2.77. The van der Waals surface area contributed by atoms with Crippen LogP contribution >= 0.6 is 0 Å². The maximum atomic E-state index is 11.9. The molecule has 0 aromatic heterocycles. The van der Waals surface area contributed by atoms with E-state index in [0.717, 1.165) is 6.07 Å². The van der Waals surface area contributed by atoms with Crippen molar-refractivity contribution in [2.45, 2.75) is 6.42 Å². The average Bonchev–Trinajstić information content (AvgIpc) is 2.42. The number of non-ortho nitro benzene ring substituents is 1. The van der Waals surface area contributed by atoms with Crippen molar-refractivity contribution in [3.05, 3.63) is 33.9 Å². The number of hydrogen-bond acceptors (Lipinski definition) is 6. The number of carbonyl (C=O) groups excluding carboxylic acids is 1. The highest BCUT2D eigenvalue weighted by Crippen LogP contribution is 2.21. The fourth-order valence-electron chi connectivity index (χ4n) is 1.53. The number of hydrazine groups is 1. The summed E-state index contributed by atoms with van der Waals surface area (Å²) in [4.78, 5) is 22.1. The maximum absolute atomic E-state index is 11.9. The molecule has 0 aliphatic carbocycles. The van der Waals surface area contributed by atoms with Crippen LogP contribution < -0.4 is 16.6 Å². The predicted molar refractivity (Wildman–Crippen MR) is 76.8 cm³/mol. The molecular formula is C11H16N4O4S. The number of nitro benzene ring substituents is 1. The standard InChI is InChI=1S/C11H16N4O4S/c1-20(19)6-2-5-13-11(16)9-7-8(15(17)18)3-4-10(9)14-12/h3-4,7,14H,2,5-6,12H2,1H3,(H,13,16). The van der Waals surface area contributed by atoms with E-state index in [4.69, 9.17) is 5.84 Å². The molecular weight excluding hydrogens is 284 g/mol. The zero-order valence-corrected chi connectivity index (χ0v) is 11.7. The summed E-state index contributed by atoms with van der Waals surface area (Å²) in [7, 11) is -0.914. The van der Waals surface area contributed by atoms with Gasteiger partial charge >= 0.3 is 0 Å². The lowest BCUT2D eigenvalue weighted by molar-refractivity contribution is -0.384. The van der Waals surface area contributed by atoms with Crippen LogP contribution in [0.3, 0.4) is 0 Å². The van der Waals surface area contributed by atoms with Crippen molar-refractivity contribution < 1.29 is 13.9 Å². The number of amides is 1. The van der Waals surface area contributed by atoms with Gasteiger partial charge in [-0.3, -0.25) is 25.0 Å². The van der Waals surface area contributed by atoms with Crippen LogP contribution in [0.2, 0.25) is 0 Å². The smallest absolute Gasteiger partial charge is 0.270 e. The SMILES string of the molecule is CS(=O)CCCNC(=O)c1cc([N+](=O)[O-])ccc1NN. The molecule has 9 heteroatoms. The second-order valence-electron chi connectivity index (χ2n) is 4.02. The van der Waals surface area contributed by atoms with E-state index in [9.17, 15) is 19.1 Å². The van der Waals surface area contributed by atoms with Gasteiger partial charge < -0.3 is 10.7 Å². The van der Waals surface area contributed by atoms with Crippen molar-refractivity contribution in [1.82, 2.24) is 5.32 Å². The highest BCUT2D eigenvalue weighted by molar-refractivity contribution is 7.84. The third-order valence-corrected chi connectivity index (χ3v) is 3.37. The van der Waals surface area contributed by atoms with E-state index in [1.165, 1.54) is 12.1 Å². The van der Waals surface area contributed by atoms with E-state index >= 15 is 0 Å². The fourth-order valence-corrected chi connectivity index (χ4v) is 2.08. The second-order valence-corrected chi connectivity index (χ2v) is 5.57. The highest BCUT2D eigenvalue weighted by Gasteiger charge is 2.16. The molecule has 0 heterocycles. The first kappa shape index (κ1) is 16.1. The van der Waals surface area contributed by atoms with Crippen LogP contribution in [0.5, 0.6) is 0 Å². The molecule has 1 unspecified atom stereocenters. The fraction of sp³-hybridized carbons (Fsp3) is 0.364. The first-order chi connectivity index (χ1) is 9.45. The van der Waals surface area contributed by atoms with Gasteiger partial charge in [0.15, 0.2) is 0 Å². The lowest BCUT2D eigenvalue weighted by Crippen LogP contribution is -2.27. The maximum Gasteiger partial charge on any atom is 0.270 e. The minimum Gasteiger partial charge on any atom is -0.352 e. The normalized spacial score (nSPS) is 11.7. The summed E-state index contributed by atoms with van der Waals surface area (Å²) in [6.45, 7) is 0.338. The first-order valence-corrected chi connectivity index (χ1v) is 7.51. The summed E-state index contributed by atoms with van der Waals surface area (Å²) < 4.78 is 10.9. The van der Waals surface area contributed by atoms with Crippen LogP contribution in [0.15, 0.2) is 18.2 Å². The molecule has 1 atom stereocenters. The molecule has 8 nitrogen and oxygen atoms in total. The van der Waals surface area contributed by atoms with Gasteiger partial charge in [0, 0.05) is 41.5 Å². The molecule has 0 radical (unpaired) electrons. The van der Waals surface area contributed by atoms with E-state index in [-0.39, 0.29) is 11.3 Å². The molecule has 20 heavy (non-hydrogen) atoms. The van der Waals surface area contributed by atoms with Crippen LogP contribution in [0.4, 0.5) is 11.4 Å². The zero-order valence-electron chi connectivity index (χ0n) is 10.9.